The number of ether oxygens (including phenoxy) is 1. The van der Waals surface area contributed by atoms with Crippen LogP contribution in [0.3, 0.4) is 0 Å². The minimum atomic E-state index is -0.495. The summed E-state index contributed by atoms with van der Waals surface area (Å²) < 4.78 is 15.3. The van der Waals surface area contributed by atoms with Crippen LogP contribution in [0.4, 0.5) is 0 Å². The molecule has 0 amide bonds. The monoisotopic (exact) mass is 235 g/mol. The van der Waals surface area contributed by atoms with Crippen LogP contribution in [0.15, 0.2) is 39.4 Å². The number of nitrogens with one attached hydrogen (secondary N) is 1. The second-order valence-electron chi connectivity index (χ2n) is 3.43. The SMILES string of the molecule is CNC(c1ccco1)c1ccc(C(=O)OC)o1. The van der Waals surface area contributed by atoms with E-state index >= 15 is 0 Å². The minimum Gasteiger partial charge on any atom is -0.467 e. The largest absolute Gasteiger partial charge is 0.467 e. The van der Waals surface area contributed by atoms with Gasteiger partial charge in [0.2, 0.25) is 5.76 Å². The fraction of sp³-hybridized carbons (Fsp3) is 0.250. The summed E-state index contributed by atoms with van der Waals surface area (Å²) in [5.41, 5.74) is 0. The van der Waals surface area contributed by atoms with E-state index in [0.29, 0.717) is 5.76 Å². The van der Waals surface area contributed by atoms with E-state index in [4.69, 9.17) is 8.83 Å². The van der Waals surface area contributed by atoms with E-state index < -0.39 is 5.97 Å². The van der Waals surface area contributed by atoms with E-state index in [0.717, 1.165) is 5.76 Å². The molecule has 5 nitrogen and oxygen atoms in total. The minimum absolute atomic E-state index is 0.175. The van der Waals surface area contributed by atoms with Gasteiger partial charge in [-0.1, -0.05) is 0 Å². The Labute approximate surface area is 98.4 Å². The molecule has 90 valence electrons. The maximum Gasteiger partial charge on any atom is 0.373 e. The molecule has 0 aliphatic rings. The molecule has 0 saturated heterocycles. The van der Waals surface area contributed by atoms with Gasteiger partial charge in [0.25, 0.3) is 0 Å². The van der Waals surface area contributed by atoms with Crippen molar-refractivity contribution in [1.82, 2.24) is 5.32 Å². The third kappa shape index (κ3) is 2.24. The third-order valence-electron chi connectivity index (χ3n) is 2.41. The van der Waals surface area contributed by atoms with Gasteiger partial charge in [0.05, 0.1) is 13.4 Å². The lowest BCUT2D eigenvalue weighted by Crippen LogP contribution is -2.16. The maximum absolute atomic E-state index is 11.3. The molecule has 0 radical (unpaired) electrons. The molecule has 5 heteroatoms. The summed E-state index contributed by atoms with van der Waals surface area (Å²) >= 11 is 0. The first kappa shape index (κ1) is 11.5. The van der Waals surface area contributed by atoms with Crippen LogP contribution in [0.5, 0.6) is 0 Å². The van der Waals surface area contributed by atoms with Crippen molar-refractivity contribution in [2.45, 2.75) is 6.04 Å². The Morgan fingerprint density at radius 2 is 2.18 bits per heavy atom. The Morgan fingerprint density at radius 3 is 2.76 bits per heavy atom. The van der Waals surface area contributed by atoms with Gasteiger partial charge < -0.3 is 18.9 Å². The number of carbonyl (C=O) groups is 1. The highest BCUT2D eigenvalue weighted by Gasteiger charge is 2.20. The molecule has 1 unspecified atom stereocenters. The number of methoxy groups -OCH3 is 1. The lowest BCUT2D eigenvalue weighted by atomic mass is 10.2. The van der Waals surface area contributed by atoms with Gasteiger partial charge in [-0.05, 0) is 31.3 Å². The fourth-order valence-electron chi connectivity index (χ4n) is 1.60. The summed E-state index contributed by atoms with van der Waals surface area (Å²) in [4.78, 5) is 11.3. The first-order valence-corrected chi connectivity index (χ1v) is 5.15. The van der Waals surface area contributed by atoms with Gasteiger partial charge in [-0.3, -0.25) is 0 Å². The number of hydrogen-bond donors (Lipinski definition) is 1. The summed E-state index contributed by atoms with van der Waals surface area (Å²) in [6.07, 6.45) is 1.59. The summed E-state index contributed by atoms with van der Waals surface area (Å²) in [5.74, 6) is 1.00. The normalized spacial score (nSPS) is 12.4. The molecule has 1 atom stereocenters. The standard InChI is InChI=1S/C12H13NO4/c1-13-11(8-4-3-7-16-8)9-5-6-10(17-9)12(14)15-2/h3-7,11,13H,1-2H3. The van der Waals surface area contributed by atoms with Crippen LogP contribution >= 0.6 is 0 Å². The van der Waals surface area contributed by atoms with Crippen LogP contribution in [0.25, 0.3) is 0 Å². The van der Waals surface area contributed by atoms with Gasteiger partial charge in [-0.2, -0.15) is 0 Å². The van der Waals surface area contributed by atoms with Gasteiger partial charge in [0, 0.05) is 0 Å². The zero-order valence-corrected chi connectivity index (χ0v) is 9.60. The van der Waals surface area contributed by atoms with E-state index in [1.807, 2.05) is 6.07 Å². The molecule has 0 aromatic carbocycles. The highest BCUT2D eigenvalue weighted by molar-refractivity contribution is 5.86. The lowest BCUT2D eigenvalue weighted by molar-refractivity contribution is 0.0562. The van der Waals surface area contributed by atoms with Crippen molar-refractivity contribution in [2.24, 2.45) is 0 Å². The predicted molar refractivity (Wildman–Crippen MR) is 59.7 cm³/mol. The Balaban J connectivity index is 2.26. The zero-order chi connectivity index (χ0) is 12.3. The van der Waals surface area contributed by atoms with E-state index in [2.05, 4.69) is 10.1 Å². The van der Waals surface area contributed by atoms with Crippen LogP contribution in [-0.4, -0.2) is 20.1 Å². The molecule has 0 bridgehead atoms. The van der Waals surface area contributed by atoms with Crippen molar-refractivity contribution in [3.05, 3.63) is 47.8 Å². The van der Waals surface area contributed by atoms with Crippen molar-refractivity contribution in [3.63, 3.8) is 0 Å². The molecule has 0 fully saturated rings. The smallest absolute Gasteiger partial charge is 0.373 e. The molecule has 0 aliphatic heterocycles. The lowest BCUT2D eigenvalue weighted by Gasteiger charge is -2.10. The van der Waals surface area contributed by atoms with Crippen LogP contribution in [-0.2, 0) is 4.74 Å². The highest BCUT2D eigenvalue weighted by Crippen LogP contribution is 2.24. The van der Waals surface area contributed by atoms with Crippen LogP contribution in [0.2, 0.25) is 0 Å². The Hall–Kier alpha value is -2.01. The molecule has 1 N–H and O–H groups in total. The molecular formula is C12H13NO4. The van der Waals surface area contributed by atoms with Crippen LogP contribution < -0.4 is 5.32 Å². The third-order valence-corrected chi connectivity index (χ3v) is 2.41. The molecular weight excluding hydrogens is 222 g/mol. The topological polar surface area (TPSA) is 64.6 Å². The van der Waals surface area contributed by atoms with Gasteiger partial charge in [-0.15, -0.1) is 0 Å². The van der Waals surface area contributed by atoms with Crippen molar-refractivity contribution in [1.29, 1.82) is 0 Å². The van der Waals surface area contributed by atoms with Gasteiger partial charge >= 0.3 is 5.97 Å². The van der Waals surface area contributed by atoms with Gasteiger partial charge in [0.15, 0.2) is 0 Å². The Morgan fingerprint density at radius 1 is 1.35 bits per heavy atom. The van der Waals surface area contributed by atoms with Crippen molar-refractivity contribution in [2.75, 3.05) is 14.2 Å². The van der Waals surface area contributed by atoms with Crippen molar-refractivity contribution < 1.29 is 18.4 Å². The molecule has 2 aromatic rings. The number of carbonyl (C=O) groups excluding carboxylic acids is 1. The van der Waals surface area contributed by atoms with E-state index in [-0.39, 0.29) is 11.8 Å². The molecule has 2 rings (SSSR count). The van der Waals surface area contributed by atoms with Gasteiger partial charge in [-0.25, -0.2) is 4.79 Å². The second kappa shape index (κ2) is 4.88. The summed E-state index contributed by atoms with van der Waals surface area (Å²) in [6, 6.07) is 6.71. The first-order valence-electron chi connectivity index (χ1n) is 5.15. The highest BCUT2D eigenvalue weighted by atomic mass is 16.5. The summed E-state index contributed by atoms with van der Waals surface area (Å²) in [5, 5.41) is 3.05. The molecule has 0 spiro atoms. The Bertz CT molecular complexity index is 486. The summed E-state index contributed by atoms with van der Waals surface area (Å²) in [6.45, 7) is 0. The van der Waals surface area contributed by atoms with Crippen molar-refractivity contribution in [3.8, 4) is 0 Å². The maximum atomic E-state index is 11.3. The molecule has 0 saturated carbocycles. The predicted octanol–water partition coefficient (Wildman–Crippen LogP) is 1.97. The molecule has 0 aliphatic carbocycles. The van der Waals surface area contributed by atoms with Gasteiger partial charge in [0.1, 0.15) is 17.6 Å². The number of rotatable bonds is 4. The molecule has 2 aromatic heterocycles. The number of hydrogen-bond acceptors (Lipinski definition) is 5. The average Bonchev–Trinajstić information content (AvgIpc) is 3.00. The van der Waals surface area contributed by atoms with Crippen molar-refractivity contribution >= 4 is 5.97 Å². The first-order chi connectivity index (χ1) is 8.26. The quantitative estimate of drug-likeness (QED) is 0.821. The average molecular weight is 235 g/mol. The molecule has 2 heterocycles. The van der Waals surface area contributed by atoms with E-state index in [1.54, 1.807) is 31.5 Å². The van der Waals surface area contributed by atoms with Crippen LogP contribution in [0.1, 0.15) is 28.1 Å². The second-order valence-corrected chi connectivity index (χ2v) is 3.43. The fourth-order valence-corrected chi connectivity index (χ4v) is 1.60. The van der Waals surface area contributed by atoms with E-state index in [9.17, 15) is 4.79 Å². The van der Waals surface area contributed by atoms with Crippen LogP contribution in [0, 0.1) is 0 Å². The number of esters is 1. The zero-order valence-electron chi connectivity index (χ0n) is 9.60. The number of furan rings is 2. The molecule has 17 heavy (non-hydrogen) atoms. The van der Waals surface area contributed by atoms with E-state index in [1.165, 1.54) is 7.11 Å². The summed E-state index contributed by atoms with van der Waals surface area (Å²) in [7, 11) is 3.10. The Kier molecular flexibility index (Phi) is 3.30.